The van der Waals surface area contributed by atoms with Crippen LogP contribution in [0.15, 0.2) is 72.5 Å². The first-order chi connectivity index (χ1) is 16.9. The number of rotatable bonds is 10. The molecule has 0 radical (unpaired) electrons. The summed E-state index contributed by atoms with van der Waals surface area (Å²) in [5.41, 5.74) is 1.37. The second-order valence-electron chi connectivity index (χ2n) is 7.25. The van der Waals surface area contributed by atoms with Crippen LogP contribution in [0.3, 0.4) is 0 Å². The molecule has 35 heavy (non-hydrogen) atoms. The Kier molecular flexibility index (Phi) is 7.91. The second-order valence-corrected chi connectivity index (χ2v) is 9.75. The molecule has 2 heterocycles. The van der Waals surface area contributed by atoms with Gasteiger partial charge in [-0.15, -0.1) is 28.1 Å². The Balaban J connectivity index is 1.41. The Bertz CT molecular complexity index is 1370. The molecule has 0 unspecified atom stereocenters. The number of nitro benzene ring substituents is 1. The Morgan fingerprint density at radius 3 is 2.74 bits per heavy atom. The van der Waals surface area contributed by atoms with Gasteiger partial charge in [0.05, 0.1) is 16.2 Å². The maximum absolute atomic E-state index is 12.5. The molecule has 0 aliphatic heterocycles. The Hall–Kier alpha value is -3.54. The maximum Gasteiger partial charge on any atom is 0.280 e. The number of halogens is 1. The fraction of sp³-hybridized carbons (Fsp3) is 0.130. The van der Waals surface area contributed by atoms with E-state index in [9.17, 15) is 14.9 Å². The van der Waals surface area contributed by atoms with Crippen LogP contribution in [0.4, 0.5) is 10.8 Å². The van der Waals surface area contributed by atoms with Crippen LogP contribution in [-0.2, 0) is 17.8 Å². The summed E-state index contributed by atoms with van der Waals surface area (Å²) >= 11 is 8.51. The van der Waals surface area contributed by atoms with E-state index in [0.29, 0.717) is 39.7 Å². The number of nitrogens with one attached hydrogen (secondary N) is 1. The van der Waals surface area contributed by atoms with Gasteiger partial charge >= 0.3 is 0 Å². The molecule has 4 aromatic rings. The van der Waals surface area contributed by atoms with Crippen LogP contribution in [0, 0.1) is 10.1 Å². The summed E-state index contributed by atoms with van der Waals surface area (Å²) in [6, 6.07) is 13.9. The van der Waals surface area contributed by atoms with Crippen LogP contribution in [-0.4, -0.2) is 36.3 Å². The number of thiazole rings is 1. The van der Waals surface area contributed by atoms with Gasteiger partial charge in [-0.3, -0.25) is 19.5 Å². The molecule has 1 N–H and O–H groups in total. The molecule has 4 rings (SSSR count). The Morgan fingerprint density at radius 2 is 2.00 bits per heavy atom. The van der Waals surface area contributed by atoms with Gasteiger partial charge in [-0.2, -0.15) is 0 Å². The number of thioether (sulfide) groups is 1. The Labute approximate surface area is 214 Å². The highest BCUT2D eigenvalue weighted by atomic mass is 35.5. The van der Waals surface area contributed by atoms with E-state index in [1.165, 1.54) is 29.2 Å². The largest absolute Gasteiger partial charge is 0.301 e. The zero-order chi connectivity index (χ0) is 24.8. The van der Waals surface area contributed by atoms with Gasteiger partial charge in [-0.1, -0.05) is 53.7 Å². The third kappa shape index (κ3) is 6.13. The molecule has 12 heteroatoms. The number of amides is 1. The summed E-state index contributed by atoms with van der Waals surface area (Å²) in [5.74, 6) is 0.160. The van der Waals surface area contributed by atoms with Crippen LogP contribution in [0.5, 0.6) is 0 Å². The van der Waals surface area contributed by atoms with Gasteiger partial charge in [0.25, 0.3) is 5.69 Å². The van der Waals surface area contributed by atoms with Crippen molar-refractivity contribution in [3.8, 4) is 11.4 Å². The van der Waals surface area contributed by atoms with Crippen molar-refractivity contribution in [3.05, 3.63) is 93.0 Å². The second kappa shape index (κ2) is 11.3. The highest BCUT2D eigenvalue weighted by Gasteiger charge is 2.22. The van der Waals surface area contributed by atoms with Crippen molar-refractivity contribution in [3.63, 3.8) is 0 Å². The standard InChI is InChI=1S/C23H19ClN6O3S2/c1-2-11-29-21(18-5-3-4-6-19(18)30(32)33)27-28-23(29)34-14-20(31)26-22-25-13-17(35-22)12-15-7-9-16(24)10-8-15/h2-10,13H,1,11-12,14H2,(H,25,26,31). The van der Waals surface area contributed by atoms with Crippen molar-refractivity contribution in [2.24, 2.45) is 0 Å². The van der Waals surface area contributed by atoms with Crippen LogP contribution in [0.1, 0.15) is 10.4 Å². The normalized spacial score (nSPS) is 10.8. The fourth-order valence-electron chi connectivity index (χ4n) is 3.25. The first-order valence-electron chi connectivity index (χ1n) is 10.3. The highest BCUT2D eigenvalue weighted by molar-refractivity contribution is 7.99. The topological polar surface area (TPSA) is 116 Å². The summed E-state index contributed by atoms with van der Waals surface area (Å²) in [6.45, 7) is 4.08. The van der Waals surface area contributed by atoms with Crippen molar-refractivity contribution in [1.29, 1.82) is 0 Å². The minimum Gasteiger partial charge on any atom is -0.301 e. The molecule has 0 bridgehead atoms. The zero-order valence-electron chi connectivity index (χ0n) is 18.3. The average Bonchev–Trinajstić information content (AvgIpc) is 3.46. The fourth-order valence-corrected chi connectivity index (χ4v) is 4.98. The summed E-state index contributed by atoms with van der Waals surface area (Å²) < 4.78 is 1.70. The van der Waals surface area contributed by atoms with Crippen LogP contribution in [0.25, 0.3) is 11.4 Å². The van der Waals surface area contributed by atoms with E-state index in [4.69, 9.17) is 11.6 Å². The van der Waals surface area contributed by atoms with Gasteiger partial charge < -0.3 is 5.32 Å². The predicted molar refractivity (Wildman–Crippen MR) is 138 cm³/mol. The molecule has 0 saturated carbocycles. The molecule has 0 fully saturated rings. The smallest absolute Gasteiger partial charge is 0.280 e. The summed E-state index contributed by atoms with van der Waals surface area (Å²) in [5, 5.41) is 24.2. The summed E-state index contributed by atoms with van der Waals surface area (Å²) in [4.78, 5) is 28.8. The molecule has 0 spiro atoms. The first-order valence-corrected chi connectivity index (χ1v) is 12.5. The van der Waals surface area contributed by atoms with Gasteiger partial charge in [0.1, 0.15) is 0 Å². The number of hydrogen-bond donors (Lipinski definition) is 1. The van der Waals surface area contributed by atoms with Crippen molar-refractivity contribution in [2.75, 3.05) is 11.1 Å². The lowest BCUT2D eigenvalue weighted by molar-refractivity contribution is -0.384. The maximum atomic E-state index is 12.5. The van der Waals surface area contributed by atoms with Crippen molar-refractivity contribution in [1.82, 2.24) is 19.7 Å². The zero-order valence-corrected chi connectivity index (χ0v) is 20.6. The number of allylic oxidation sites excluding steroid dienone is 1. The highest BCUT2D eigenvalue weighted by Crippen LogP contribution is 2.31. The molecule has 9 nitrogen and oxygen atoms in total. The van der Waals surface area contributed by atoms with Gasteiger partial charge in [0, 0.05) is 35.1 Å². The van der Waals surface area contributed by atoms with Crippen molar-refractivity contribution >= 4 is 51.4 Å². The number of para-hydroxylation sites is 1. The predicted octanol–water partition coefficient (Wildman–Crippen LogP) is 5.47. The third-order valence-corrected chi connectivity index (χ3v) is 6.93. The van der Waals surface area contributed by atoms with Crippen molar-refractivity contribution < 1.29 is 9.72 Å². The Morgan fingerprint density at radius 1 is 1.23 bits per heavy atom. The van der Waals surface area contributed by atoms with E-state index in [1.807, 2.05) is 24.3 Å². The molecular weight excluding hydrogens is 508 g/mol. The van der Waals surface area contributed by atoms with E-state index in [1.54, 1.807) is 35.0 Å². The quantitative estimate of drug-likeness (QED) is 0.126. The summed E-state index contributed by atoms with van der Waals surface area (Å²) in [6.07, 6.45) is 4.07. The van der Waals surface area contributed by atoms with Crippen molar-refractivity contribution in [2.45, 2.75) is 18.1 Å². The first kappa shape index (κ1) is 24.6. The summed E-state index contributed by atoms with van der Waals surface area (Å²) in [7, 11) is 0. The number of benzene rings is 2. The molecule has 0 aliphatic rings. The average molecular weight is 527 g/mol. The molecule has 0 atom stereocenters. The molecule has 178 valence electrons. The lowest BCUT2D eigenvalue weighted by Gasteiger charge is -2.08. The minimum atomic E-state index is -0.461. The molecule has 0 saturated heterocycles. The molecule has 2 aromatic heterocycles. The van der Waals surface area contributed by atoms with Crippen LogP contribution >= 0.6 is 34.7 Å². The van der Waals surface area contributed by atoms with E-state index in [-0.39, 0.29) is 17.3 Å². The molecule has 2 aromatic carbocycles. The molecule has 1 amide bonds. The van der Waals surface area contributed by atoms with Crippen LogP contribution in [0.2, 0.25) is 5.02 Å². The van der Waals surface area contributed by atoms with Gasteiger partial charge in [-0.25, -0.2) is 4.98 Å². The lowest BCUT2D eigenvalue weighted by Crippen LogP contribution is -2.14. The van der Waals surface area contributed by atoms with Gasteiger partial charge in [-0.05, 0) is 23.8 Å². The van der Waals surface area contributed by atoms with E-state index < -0.39 is 4.92 Å². The number of nitrogens with zero attached hydrogens (tertiary/aromatic N) is 5. The SMILES string of the molecule is C=CCn1c(SCC(=O)Nc2ncc(Cc3ccc(Cl)cc3)s2)nnc1-c1ccccc1[N+](=O)[O-]. The van der Waals surface area contributed by atoms with Gasteiger partial charge in [0.15, 0.2) is 16.1 Å². The third-order valence-electron chi connectivity index (χ3n) is 4.79. The number of aromatic nitrogens is 4. The number of hydrogen-bond acceptors (Lipinski definition) is 8. The van der Waals surface area contributed by atoms with Crippen LogP contribution < -0.4 is 5.32 Å². The minimum absolute atomic E-state index is 0.0677. The molecular formula is C23H19ClN6O3S2. The monoisotopic (exact) mass is 526 g/mol. The van der Waals surface area contributed by atoms with E-state index in [2.05, 4.69) is 27.1 Å². The number of nitro groups is 1. The number of carbonyl (C=O) groups is 1. The van der Waals surface area contributed by atoms with E-state index in [0.717, 1.165) is 10.4 Å². The molecule has 0 aliphatic carbocycles. The lowest BCUT2D eigenvalue weighted by atomic mass is 10.1. The number of anilines is 1. The van der Waals surface area contributed by atoms with Gasteiger partial charge in [0.2, 0.25) is 5.91 Å². The number of carbonyl (C=O) groups excluding carboxylic acids is 1. The van der Waals surface area contributed by atoms with E-state index >= 15 is 0 Å².